The molecule has 3 rings (SSSR count). The molecule has 4 N–H and O–H groups in total. The van der Waals surface area contributed by atoms with Crippen molar-refractivity contribution in [1.29, 1.82) is 0 Å². The molecule has 0 aliphatic heterocycles. The standard InChI is InChI=1S/C18H22N6O.2ClH/c1-3-14(19)10-21-17-6-7-20-18(23-17)15-8-12(4-5-16(15)25)13-9-22-24(2)11-13;;/h4-9,11,14,25H,3,10,19H2,1-2H3,(H,20,21,23);2*1H. The van der Waals surface area contributed by atoms with Gasteiger partial charge in [-0.25, -0.2) is 9.97 Å². The summed E-state index contributed by atoms with van der Waals surface area (Å²) < 4.78 is 1.74. The van der Waals surface area contributed by atoms with Gasteiger partial charge in [-0.3, -0.25) is 4.68 Å². The number of nitrogens with one attached hydrogen (secondary N) is 1. The molecule has 0 aliphatic rings. The number of nitrogens with two attached hydrogens (primary N) is 1. The van der Waals surface area contributed by atoms with E-state index in [0.29, 0.717) is 23.8 Å². The van der Waals surface area contributed by atoms with E-state index in [0.717, 1.165) is 17.5 Å². The minimum absolute atomic E-state index is 0. The van der Waals surface area contributed by atoms with E-state index < -0.39 is 0 Å². The SMILES string of the molecule is CCC(N)CNc1ccnc(-c2cc(-c3cnn(C)c3)ccc2O)n1.Cl.Cl. The molecule has 2 heterocycles. The zero-order chi connectivity index (χ0) is 17.8. The average Bonchev–Trinajstić information content (AvgIpc) is 3.06. The van der Waals surface area contributed by atoms with Crippen LogP contribution in [0.5, 0.6) is 5.75 Å². The lowest BCUT2D eigenvalue weighted by molar-refractivity contribution is 0.477. The molecule has 1 atom stereocenters. The number of rotatable bonds is 6. The maximum Gasteiger partial charge on any atom is 0.165 e. The van der Waals surface area contributed by atoms with Crippen molar-refractivity contribution in [1.82, 2.24) is 19.7 Å². The number of aryl methyl sites for hydroxylation is 1. The number of hydrogen-bond acceptors (Lipinski definition) is 6. The Balaban J connectivity index is 0.00000182. The van der Waals surface area contributed by atoms with Crippen molar-refractivity contribution in [2.45, 2.75) is 19.4 Å². The fraction of sp³-hybridized carbons (Fsp3) is 0.278. The lowest BCUT2D eigenvalue weighted by Crippen LogP contribution is -2.28. The van der Waals surface area contributed by atoms with Crippen LogP contribution in [0.3, 0.4) is 0 Å². The largest absolute Gasteiger partial charge is 0.507 e. The number of phenols is 1. The Morgan fingerprint density at radius 1 is 1.22 bits per heavy atom. The smallest absolute Gasteiger partial charge is 0.165 e. The Hall–Kier alpha value is -2.35. The van der Waals surface area contributed by atoms with Gasteiger partial charge in [-0.15, -0.1) is 24.8 Å². The lowest BCUT2D eigenvalue weighted by atomic mass is 10.0. The van der Waals surface area contributed by atoms with E-state index in [2.05, 4.69) is 20.4 Å². The van der Waals surface area contributed by atoms with Crippen LogP contribution in [0.4, 0.5) is 5.82 Å². The molecule has 0 saturated heterocycles. The van der Waals surface area contributed by atoms with Crippen molar-refractivity contribution in [3.63, 3.8) is 0 Å². The Morgan fingerprint density at radius 2 is 2.00 bits per heavy atom. The van der Waals surface area contributed by atoms with Crippen molar-refractivity contribution in [3.05, 3.63) is 42.9 Å². The van der Waals surface area contributed by atoms with Gasteiger partial charge >= 0.3 is 0 Å². The van der Waals surface area contributed by atoms with Crippen LogP contribution in [-0.2, 0) is 7.05 Å². The zero-order valence-electron chi connectivity index (χ0n) is 15.2. The summed E-state index contributed by atoms with van der Waals surface area (Å²) in [5, 5.41) is 17.6. The summed E-state index contributed by atoms with van der Waals surface area (Å²) in [6, 6.07) is 7.21. The molecule has 0 bridgehead atoms. The number of benzene rings is 1. The molecule has 9 heteroatoms. The second-order valence-electron chi connectivity index (χ2n) is 5.95. The Labute approximate surface area is 170 Å². The van der Waals surface area contributed by atoms with Crippen molar-refractivity contribution in [2.75, 3.05) is 11.9 Å². The fourth-order valence-corrected chi connectivity index (χ4v) is 2.43. The minimum atomic E-state index is 0. The molecular formula is C18H24Cl2N6O. The topological polar surface area (TPSA) is 102 Å². The normalized spacial score (nSPS) is 11.2. The Kier molecular flexibility index (Phi) is 8.49. The highest BCUT2D eigenvalue weighted by Gasteiger charge is 2.11. The van der Waals surface area contributed by atoms with E-state index in [1.807, 2.05) is 32.3 Å². The molecule has 27 heavy (non-hydrogen) atoms. The van der Waals surface area contributed by atoms with E-state index in [4.69, 9.17) is 5.73 Å². The number of halogens is 2. The quantitative estimate of drug-likeness (QED) is 0.576. The molecule has 0 fully saturated rings. The first-order chi connectivity index (χ1) is 12.1. The monoisotopic (exact) mass is 410 g/mol. The molecule has 0 amide bonds. The van der Waals surface area contributed by atoms with Gasteiger partial charge in [0.15, 0.2) is 5.82 Å². The molecule has 1 unspecified atom stereocenters. The fourth-order valence-electron chi connectivity index (χ4n) is 2.43. The van der Waals surface area contributed by atoms with Gasteiger partial charge in [0.05, 0.1) is 11.8 Å². The van der Waals surface area contributed by atoms with Gasteiger partial charge in [0.1, 0.15) is 11.6 Å². The van der Waals surface area contributed by atoms with E-state index in [-0.39, 0.29) is 36.6 Å². The van der Waals surface area contributed by atoms with Crippen LogP contribution >= 0.6 is 24.8 Å². The van der Waals surface area contributed by atoms with Crippen LogP contribution in [0, 0.1) is 0 Å². The highest BCUT2D eigenvalue weighted by atomic mass is 35.5. The number of aromatic nitrogens is 4. The van der Waals surface area contributed by atoms with E-state index in [1.54, 1.807) is 29.2 Å². The van der Waals surface area contributed by atoms with E-state index >= 15 is 0 Å². The number of hydrogen-bond donors (Lipinski definition) is 3. The van der Waals surface area contributed by atoms with Crippen molar-refractivity contribution in [2.24, 2.45) is 12.8 Å². The predicted octanol–water partition coefficient (Wildman–Crippen LogP) is 3.24. The van der Waals surface area contributed by atoms with Crippen LogP contribution in [0.2, 0.25) is 0 Å². The molecule has 0 aliphatic carbocycles. The third kappa shape index (κ3) is 5.56. The van der Waals surface area contributed by atoms with Crippen LogP contribution in [0.1, 0.15) is 13.3 Å². The molecule has 0 saturated carbocycles. The summed E-state index contributed by atoms with van der Waals surface area (Å²) >= 11 is 0. The molecule has 2 aromatic heterocycles. The Morgan fingerprint density at radius 3 is 2.67 bits per heavy atom. The second kappa shape index (κ2) is 10.1. The van der Waals surface area contributed by atoms with Gasteiger partial charge in [0, 0.05) is 37.6 Å². The van der Waals surface area contributed by atoms with Crippen LogP contribution in [0.15, 0.2) is 42.9 Å². The summed E-state index contributed by atoms with van der Waals surface area (Å²) in [6.07, 6.45) is 6.25. The second-order valence-corrected chi connectivity index (χ2v) is 5.95. The van der Waals surface area contributed by atoms with Crippen LogP contribution in [0.25, 0.3) is 22.5 Å². The maximum absolute atomic E-state index is 10.2. The van der Waals surface area contributed by atoms with Gasteiger partial charge in [0.25, 0.3) is 0 Å². The highest BCUT2D eigenvalue weighted by Crippen LogP contribution is 2.31. The summed E-state index contributed by atoms with van der Waals surface area (Å²) in [4.78, 5) is 8.79. The van der Waals surface area contributed by atoms with E-state index in [9.17, 15) is 5.11 Å². The molecule has 7 nitrogen and oxygen atoms in total. The molecular weight excluding hydrogens is 387 g/mol. The lowest BCUT2D eigenvalue weighted by Gasteiger charge is -2.12. The number of phenolic OH excluding ortho intramolecular Hbond substituents is 1. The summed E-state index contributed by atoms with van der Waals surface area (Å²) in [5.41, 5.74) is 8.41. The highest BCUT2D eigenvalue weighted by molar-refractivity contribution is 5.85. The summed E-state index contributed by atoms with van der Waals surface area (Å²) in [7, 11) is 1.87. The predicted molar refractivity (Wildman–Crippen MR) is 113 cm³/mol. The van der Waals surface area contributed by atoms with Gasteiger partial charge in [0.2, 0.25) is 0 Å². The van der Waals surface area contributed by atoms with E-state index in [1.165, 1.54) is 0 Å². The first-order valence-corrected chi connectivity index (χ1v) is 8.21. The minimum Gasteiger partial charge on any atom is -0.507 e. The first kappa shape index (κ1) is 22.7. The molecule has 3 aromatic rings. The average molecular weight is 411 g/mol. The Bertz CT molecular complexity index is 871. The van der Waals surface area contributed by atoms with Crippen molar-refractivity contribution < 1.29 is 5.11 Å². The zero-order valence-corrected chi connectivity index (χ0v) is 16.8. The molecule has 0 radical (unpaired) electrons. The number of nitrogens with zero attached hydrogens (tertiary/aromatic N) is 4. The molecule has 0 spiro atoms. The number of anilines is 1. The summed E-state index contributed by atoms with van der Waals surface area (Å²) in [5.74, 6) is 1.27. The summed E-state index contributed by atoms with van der Waals surface area (Å²) in [6.45, 7) is 2.67. The van der Waals surface area contributed by atoms with Gasteiger partial charge < -0.3 is 16.2 Å². The van der Waals surface area contributed by atoms with Gasteiger partial charge in [-0.05, 0) is 30.2 Å². The van der Waals surface area contributed by atoms with Crippen LogP contribution < -0.4 is 11.1 Å². The third-order valence-corrected chi connectivity index (χ3v) is 4.00. The first-order valence-electron chi connectivity index (χ1n) is 8.21. The van der Waals surface area contributed by atoms with Crippen LogP contribution in [-0.4, -0.2) is 37.4 Å². The van der Waals surface area contributed by atoms with Crippen molar-refractivity contribution >= 4 is 30.6 Å². The third-order valence-electron chi connectivity index (χ3n) is 4.00. The maximum atomic E-state index is 10.2. The van der Waals surface area contributed by atoms with Gasteiger partial charge in [-0.2, -0.15) is 5.10 Å². The van der Waals surface area contributed by atoms with Crippen molar-refractivity contribution in [3.8, 4) is 28.3 Å². The molecule has 1 aromatic carbocycles. The van der Waals surface area contributed by atoms with Gasteiger partial charge in [-0.1, -0.05) is 13.0 Å². The molecule has 146 valence electrons. The number of aromatic hydroxyl groups is 1.